The quantitative estimate of drug-likeness (QED) is 0.904. The first-order chi connectivity index (χ1) is 9.20. The lowest BCUT2D eigenvalue weighted by Gasteiger charge is -2.22. The predicted octanol–water partition coefficient (Wildman–Crippen LogP) is 2.48. The van der Waals surface area contributed by atoms with E-state index in [1.807, 2.05) is 4.90 Å². The fourth-order valence-corrected chi connectivity index (χ4v) is 2.74. The summed E-state index contributed by atoms with van der Waals surface area (Å²) in [6, 6.07) is 8.44. The van der Waals surface area contributed by atoms with E-state index in [0.717, 1.165) is 38.8 Å². The smallest absolute Gasteiger partial charge is 0.224 e. The third-order valence-electron chi connectivity index (χ3n) is 3.80. The lowest BCUT2D eigenvalue weighted by atomic mass is 10.0. The van der Waals surface area contributed by atoms with Crippen molar-refractivity contribution in [2.75, 3.05) is 6.54 Å². The molecule has 0 radical (unpaired) electrons. The van der Waals surface area contributed by atoms with Crippen molar-refractivity contribution in [1.29, 1.82) is 0 Å². The van der Waals surface area contributed by atoms with Gasteiger partial charge in [-0.05, 0) is 30.4 Å². The molecule has 2 rings (SSSR count). The zero-order valence-electron chi connectivity index (χ0n) is 11.8. The fourth-order valence-electron chi connectivity index (χ4n) is 2.74. The first-order valence-corrected chi connectivity index (χ1v) is 7.31. The maximum absolute atomic E-state index is 12.3. The van der Waals surface area contributed by atoms with Gasteiger partial charge in [-0.1, -0.05) is 37.6 Å². The molecule has 2 N–H and O–H groups in total. The third-order valence-corrected chi connectivity index (χ3v) is 3.80. The highest BCUT2D eigenvalue weighted by atomic mass is 16.2. The van der Waals surface area contributed by atoms with Crippen LogP contribution in [0.5, 0.6) is 0 Å². The van der Waals surface area contributed by atoms with E-state index in [4.69, 9.17) is 5.73 Å². The molecule has 0 aromatic heterocycles. The lowest BCUT2D eigenvalue weighted by molar-refractivity contribution is -0.132. The minimum absolute atomic E-state index is 0.0102. The molecule has 104 valence electrons. The average Bonchev–Trinajstić information content (AvgIpc) is 2.61. The van der Waals surface area contributed by atoms with Gasteiger partial charge in [0.15, 0.2) is 0 Å². The molecule has 0 bridgehead atoms. The van der Waals surface area contributed by atoms with Crippen molar-refractivity contribution < 1.29 is 4.79 Å². The Balaban J connectivity index is 2.00. The van der Waals surface area contributed by atoms with Crippen LogP contribution < -0.4 is 5.73 Å². The summed E-state index contributed by atoms with van der Waals surface area (Å²) in [5.74, 6) is 0.206. The molecule has 0 aliphatic carbocycles. The molecule has 3 heteroatoms. The summed E-state index contributed by atoms with van der Waals surface area (Å²) in [5.41, 5.74) is 8.65. The largest absolute Gasteiger partial charge is 0.338 e. The van der Waals surface area contributed by atoms with Crippen LogP contribution in [0, 0.1) is 0 Å². The molecule has 1 heterocycles. The van der Waals surface area contributed by atoms with Gasteiger partial charge in [-0.3, -0.25) is 4.79 Å². The summed E-state index contributed by atoms with van der Waals surface area (Å²) in [5, 5.41) is 0. The Morgan fingerprint density at radius 2 is 2.11 bits per heavy atom. The van der Waals surface area contributed by atoms with Gasteiger partial charge in [0, 0.05) is 25.6 Å². The van der Waals surface area contributed by atoms with Crippen molar-refractivity contribution in [2.24, 2.45) is 5.73 Å². The van der Waals surface area contributed by atoms with Crippen molar-refractivity contribution in [3.05, 3.63) is 35.4 Å². The minimum atomic E-state index is 0.0102. The number of nitrogens with two attached hydrogens (primary N) is 1. The number of fused-ring (bicyclic) bond motifs is 1. The Bertz CT molecular complexity index is 431. The predicted molar refractivity (Wildman–Crippen MR) is 77.7 cm³/mol. The van der Waals surface area contributed by atoms with Crippen LogP contribution in [-0.4, -0.2) is 23.4 Å². The maximum atomic E-state index is 12.3. The number of nitrogens with zero attached hydrogens (tertiary/aromatic N) is 1. The summed E-state index contributed by atoms with van der Waals surface area (Å²) in [4.78, 5) is 14.3. The number of aryl methyl sites for hydroxylation is 1. The van der Waals surface area contributed by atoms with Gasteiger partial charge < -0.3 is 10.6 Å². The number of benzene rings is 1. The van der Waals surface area contributed by atoms with Crippen LogP contribution in [0.2, 0.25) is 0 Å². The maximum Gasteiger partial charge on any atom is 0.224 e. The Labute approximate surface area is 115 Å². The summed E-state index contributed by atoms with van der Waals surface area (Å²) < 4.78 is 0. The van der Waals surface area contributed by atoms with Crippen LogP contribution in [0.1, 0.15) is 43.7 Å². The van der Waals surface area contributed by atoms with E-state index in [9.17, 15) is 4.79 Å². The third kappa shape index (κ3) is 3.80. The van der Waals surface area contributed by atoms with Gasteiger partial charge in [0.1, 0.15) is 0 Å². The van der Waals surface area contributed by atoms with Crippen LogP contribution in [0.25, 0.3) is 0 Å². The van der Waals surface area contributed by atoms with Gasteiger partial charge in [0.2, 0.25) is 5.91 Å². The van der Waals surface area contributed by atoms with Crippen molar-refractivity contribution in [3.8, 4) is 0 Å². The topological polar surface area (TPSA) is 46.3 Å². The van der Waals surface area contributed by atoms with E-state index >= 15 is 0 Å². The van der Waals surface area contributed by atoms with Crippen LogP contribution in [-0.2, 0) is 17.8 Å². The number of hydrogen-bond acceptors (Lipinski definition) is 2. The van der Waals surface area contributed by atoms with Crippen LogP contribution in [0.4, 0.5) is 0 Å². The van der Waals surface area contributed by atoms with Gasteiger partial charge in [-0.2, -0.15) is 0 Å². The zero-order valence-corrected chi connectivity index (χ0v) is 11.8. The van der Waals surface area contributed by atoms with E-state index in [0.29, 0.717) is 6.42 Å². The number of carbonyl (C=O) groups excluding carboxylic acids is 1. The first kappa shape index (κ1) is 14.1. The van der Waals surface area contributed by atoms with E-state index < -0.39 is 0 Å². The fraction of sp³-hybridized carbons (Fsp3) is 0.562. The van der Waals surface area contributed by atoms with Gasteiger partial charge in [-0.25, -0.2) is 0 Å². The molecule has 1 aromatic carbocycles. The second-order valence-electron chi connectivity index (χ2n) is 5.44. The summed E-state index contributed by atoms with van der Waals surface area (Å²) in [7, 11) is 0. The van der Waals surface area contributed by atoms with Crippen molar-refractivity contribution in [1.82, 2.24) is 4.90 Å². The Morgan fingerprint density at radius 3 is 2.84 bits per heavy atom. The lowest BCUT2D eigenvalue weighted by Crippen LogP contribution is -2.35. The van der Waals surface area contributed by atoms with Gasteiger partial charge in [-0.15, -0.1) is 0 Å². The number of rotatable bonds is 4. The normalized spacial score (nSPS) is 16.6. The molecular weight excluding hydrogens is 236 g/mol. The molecule has 0 saturated heterocycles. The molecule has 1 aliphatic heterocycles. The van der Waals surface area contributed by atoms with E-state index in [-0.39, 0.29) is 11.9 Å². The highest BCUT2D eigenvalue weighted by Crippen LogP contribution is 2.19. The van der Waals surface area contributed by atoms with Crippen LogP contribution in [0.15, 0.2) is 24.3 Å². The Kier molecular flexibility index (Phi) is 4.97. The number of amides is 1. The number of hydrogen-bond donors (Lipinski definition) is 1. The van der Waals surface area contributed by atoms with Crippen LogP contribution >= 0.6 is 0 Å². The van der Waals surface area contributed by atoms with E-state index in [1.54, 1.807) is 0 Å². The zero-order chi connectivity index (χ0) is 13.7. The molecule has 1 unspecified atom stereocenters. The summed E-state index contributed by atoms with van der Waals surface area (Å²) in [6.07, 6.45) is 4.57. The van der Waals surface area contributed by atoms with Crippen molar-refractivity contribution >= 4 is 5.91 Å². The molecule has 0 fully saturated rings. The highest BCUT2D eigenvalue weighted by Gasteiger charge is 2.20. The second-order valence-corrected chi connectivity index (χ2v) is 5.44. The minimum Gasteiger partial charge on any atom is -0.338 e. The highest BCUT2D eigenvalue weighted by molar-refractivity contribution is 5.77. The molecular formula is C16H24N2O. The molecule has 0 saturated carbocycles. The van der Waals surface area contributed by atoms with Crippen molar-refractivity contribution in [3.63, 3.8) is 0 Å². The molecule has 0 spiro atoms. The van der Waals surface area contributed by atoms with E-state index in [2.05, 4.69) is 31.2 Å². The summed E-state index contributed by atoms with van der Waals surface area (Å²) >= 11 is 0. The Hall–Kier alpha value is -1.35. The second kappa shape index (κ2) is 6.71. The molecule has 3 nitrogen and oxygen atoms in total. The van der Waals surface area contributed by atoms with E-state index in [1.165, 1.54) is 11.1 Å². The Morgan fingerprint density at radius 1 is 1.37 bits per heavy atom. The average molecular weight is 260 g/mol. The molecule has 1 atom stereocenters. The number of carbonyl (C=O) groups is 1. The van der Waals surface area contributed by atoms with Gasteiger partial charge in [0.05, 0.1) is 0 Å². The monoisotopic (exact) mass is 260 g/mol. The van der Waals surface area contributed by atoms with Crippen LogP contribution in [0.3, 0.4) is 0 Å². The van der Waals surface area contributed by atoms with Gasteiger partial charge >= 0.3 is 0 Å². The van der Waals surface area contributed by atoms with Gasteiger partial charge in [0.25, 0.3) is 0 Å². The molecule has 1 aromatic rings. The SMILES string of the molecule is CCCC(N)CC(=O)N1CCCc2ccccc2C1. The van der Waals surface area contributed by atoms with Crippen molar-refractivity contribution in [2.45, 2.75) is 51.6 Å². The summed E-state index contributed by atoms with van der Waals surface area (Å²) in [6.45, 7) is 3.70. The molecule has 1 aliphatic rings. The molecule has 1 amide bonds. The first-order valence-electron chi connectivity index (χ1n) is 7.31. The molecule has 19 heavy (non-hydrogen) atoms. The standard InChI is InChI=1S/C16H24N2O/c1-2-6-15(17)11-16(19)18-10-5-9-13-7-3-4-8-14(13)12-18/h3-4,7-8,15H,2,5-6,9-12,17H2,1H3.